The fourth-order valence-electron chi connectivity index (χ4n) is 2.83. The topological polar surface area (TPSA) is 78.9 Å². The Bertz CT molecular complexity index is 374. The molecule has 1 saturated heterocycles. The summed E-state index contributed by atoms with van der Waals surface area (Å²) in [5, 5.41) is 12.1. The Balaban J connectivity index is 1.96. The lowest BCUT2D eigenvalue weighted by molar-refractivity contribution is -0.136. The molecule has 5 nitrogen and oxygen atoms in total. The lowest BCUT2D eigenvalue weighted by Crippen LogP contribution is -2.52. The van der Waals surface area contributed by atoms with Crippen LogP contribution in [-0.4, -0.2) is 45.9 Å². The van der Waals surface area contributed by atoms with Crippen LogP contribution in [0.5, 0.6) is 0 Å². The Labute approximate surface area is 118 Å². The average molecular weight is 285 g/mol. The quantitative estimate of drug-likeness (QED) is 0.355. The average Bonchev–Trinajstić information content (AvgIpc) is 3.29. The molecule has 108 valence electrons. The predicted molar refractivity (Wildman–Crippen MR) is 77.4 cm³/mol. The van der Waals surface area contributed by atoms with Gasteiger partial charge in [-0.3, -0.25) is 4.79 Å². The van der Waals surface area contributed by atoms with Gasteiger partial charge in [0.15, 0.2) is 5.84 Å². The molecule has 2 fully saturated rings. The van der Waals surface area contributed by atoms with E-state index >= 15 is 0 Å². The van der Waals surface area contributed by atoms with Crippen molar-refractivity contribution in [1.29, 1.82) is 0 Å². The van der Waals surface area contributed by atoms with Gasteiger partial charge < -0.3 is 15.8 Å². The monoisotopic (exact) mass is 285 g/mol. The number of carbonyl (C=O) groups excluding carboxylic acids is 1. The smallest absolute Gasteiger partial charge is 0.225 e. The van der Waals surface area contributed by atoms with E-state index in [1.807, 2.05) is 18.1 Å². The lowest BCUT2D eigenvalue weighted by Gasteiger charge is -2.40. The number of oxime groups is 1. The van der Waals surface area contributed by atoms with Gasteiger partial charge in [0.2, 0.25) is 5.91 Å². The van der Waals surface area contributed by atoms with Crippen molar-refractivity contribution < 1.29 is 10.0 Å². The van der Waals surface area contributed by atoms with Crippen LogP contribution >= 0.6 is 11.8 Å². The van der Waals surface area contributed by atoms with Crippen LogP contribution in [0.1, 0.15) is 32.6 Å². The highest BCUT2D eigenvalue weighted by Crippen LogP contribution is 2.39. The third kappa shape index (κ3) is 2.83. The Morgan fingerprint density at radius 3 is 2.47 bits per heavy atom. The van der Waals surface area contributed by atoms with Gasteiger partial charge in [0.05, 0.1) is 4.75 Å². The molecular weight excluding hydrogens is 262 g/mol. The number of hydrogen-bond acceptors (Lipinski definition) is 4. The number of nitrogens with two attached hydrogens (primary N) is 1. The van der Waals surface area contributed by atoms with Gasteiger partial charge in [-0.2, -0.15) is 11.8 Å². The normalized spacial score (nSPS) is 25.2. The highest BCUT2D eigenvalue weighted by Gasteiger charge is 2.41. The Morgan fingerprint density at radius 2 is 2.05 bits per heavy atom. The second-order valence-electron chi connectivity index (χ2n) is 5.64. The van der Waals surface area contributed by atoms with Crippen LogP contribution < -0.4 is 5.73 Å². The third-order valence-corrected chi connectivity index (χ3v) is 5.97. The molecular formula is C13H23N3O2S. The first-order valence-electron chi connectivity index (χ1n) is 6.86. The first kappa shape index (κ1) is 14.5. The number of carbonyl (C=O) groups is 1. The minimum absolute atomic E-state index is 0.158. The van der Waals surface area contributed by atoms with Crippen LogP contribution in [-0.2, 0) is 4.79 Å². The van der Waals surface area contributed by atoms with E-state index < -0.39 is 0 Å². The molecule has 0 aromatic carbocycles. The lowest BCUT2D eigenvalue weighted by atomic mass is 9.93. The summed E-state index contributed by atoms with van der Waals surface area (Å²) in [5.41, 5.74) is 5.81. The van der Waals surface area contributed by atoms with Gasteiger partial charge in [-0.05, 0) is 37.9 Å². The Morgan fingerprint density at radius 1 is 1.47 bits per heavy atom. The number of amidine groups is 1. The summed E-state index contributed by atoms with van der Waals surface area (Å²) in [6.07, 6.45) is 5.88. The molecule has 2 rings (SSSR count). The second kappa shape index (κ2) is 5.61. The molecule has 1 amide bonds. The summed E-state index contributed by atoms with van der Waals surface area (Å²) >= 11 is 1.61. The minimum Gasteiger partial charge on any atom is -0.409 e. The highest BCUT2D eigenvalue weighted by atomic mass is 32.2. The van der Waals surface area contributed by atoms with Crippen molar-refractivity contribution >= 4 is 23.5 Å². The van der Waals surface area contributed by atoms with Crippen LogP contribution in [0.25, 0.3) is 0 Å². The van der Waals surface area contributed by atoms with E-state index in [0.717, 1.165) is 12.8 Å². The van der Waals surface area contributed by atoms with E-state index in [9.17, 15) is 4.79 Å². The molecule has 0 bridgehead atoms. The zero-order chi connectivity index (χ0) is 14.0. The van der Waals surface area contributed by atoms with Crippen molar-refractivity contribution in [2.24, 2.45) is 22.7 Å². The number of thioether (sulfide) groups is 1. The molecule has 19 heavy (non-hydrogen) atoms. The molecule has 1 aliphatic carbocycles. The summed E-state index contributed by atoms with van der Waals surface area (Å²) in [7, 11) is 0. The van der Waals surface area contributed by atoms with Gasteiger partial charge in [-0.25, -0.2) is 0 Å². The number of amides is 1. The van der Waals surface area contributed by atoms with E-state index in [4.69, 9.17) is 10.9 Å². The first-order chi connectivity index (χ1) is 9.04. The number of likely N-dealkylation sites (tertiary alicyclic amines) is 1. The first-order valence-corrected chi connectivity index (χ1v) is 8.08. The van der Waals surface area contributed by atoms with Gasteiger partial charge in [0.1, 0.15) is 0 Å². The third-order valence-electron chi connectivity index (χ3n) is 4.57. The van der Waals surface area contributed by atoms with E-state index in [1.165, 1.54) is 12.8 Å². The van der Waals surface area contributed by atoms with Crippen molar-refractivity contribution in [2.45, 2.75) is 37.4 Å². The number of piperidine rings is 1. The van der Waals surface area contributed by atoms with E-state index in [0.29, 0.717) is 19.0 Å². The summed E-state index contributed by atoms with van der Waals surface area (Å²) in [6.45, 7) is 3.44. The van der Waals surface area contributed by atoms with Crippen molar-refractivity contribution in [3.8, 4) is 0 Å². The summed E-state index contributed by atoms with van der Waals surface area (Å²) < 4.78 is -0.311. The maximum atomic E-state index is 12.3. The van der Waals surface area contributed by atoms with E-state index in [1.54, 1.807) is 11.8 Å². The van der Waals surface area contributed by atoms with Gasteiger partial charge >= 0.3 is 0 Å². The molecule has 1 aliphatic heterocycles. The molecule has 1 unspecified atom stereocenters. The molecule has 0 aromatic rings. The second-order valence-corrected chi connectivity index (χ2v) is 6.82. The predicted octanol–water partition coefficient (Wildman–Crippen LogP) is 1.50. The standard InChI is InChI=1S/C13H23N3O2S/c1-9(10-3-4-10)11(17)16-7-5-13(19-2,6-8-16)12(14)15-18/h9-10,18H,3-8H2,1-2H3,(H2,14,15). The van der Waals surface area contributed by atoms with E-state index in [-0.39, 0.29) is 22.4 Å². The number of hydrogen-bond donors (Lipinski definition) is 2. The summed E-state index contributed by atoms with van der Waals surface area (Å²) in [6, 6.07) is 0. The highest BCUT2D eigenvalue weighted by molar-refractivity contribution is 8.00. The van der Waals surface area contributed by atoms with Crippen LogP contribution in [0.15, 0.2) is 5.16 Å². The van der Waals surface area contributed by atoms with Crippen molar-refractivity contribution in [3.05, 3.63) is 0 Å². The molecule has 0 aromatic heterocycles. The number of rotatable bonds is 4. The van der Waals surface area contributed by atoms with Crippen LogP contribution in [0.2, 0.25) is 0 Å². The van der Waals surface area contributed by atoms with Crippen LogP contribution in [0.3, 0.4) is 0 Å². The zero-order valence-corrected chi connectivity index (χ0v) is 12.4. The molecule has 0 radical (unpaired) electrons. The van der Waals surface area contributed by atoms with Crippen molar-refractivity contribution in [2.75, 3.05) is 19.3 Å². The largest absolute Gasteiger partial charge is 0.409 e. The Hall–Kier alpha value is -0.910. The molecule has 1 heterocycles. The van der Waals surface area contributed by atoms with Crippen LogP contribution in [0.4, 0.5) is 0 Å². The summed E-state index contributed by atoms with van der Waals surface area (Å²) in [5.74, 6) is 1.31. The zero-order valence-electron chi connectivity index (χ0n) is 11.6. The number of nitrogens with zero attached hydrogens (tertiary/aromatic N) is 2. The van der Waals surface area contributed by atoms with Gasteiger partial charge in [0.25, 0.3) is 0 Å². The fraction of sp³-hybridized carbons (Fsp3) is 0.846. The maximum absolute atomic E-state index is 12.3. The molecule has 3 N–H and O–H groups in total. The molecule has 1 atom stereocenters. The van der Waals surface area contributed by atoms with Crippen molar-refractivity contribution in [1.82, 2.24) is 4.90 Å². The van der Waals surface area contributed by atoms with Gasteiger partial charge in [0, 0.05) is 19.0 Å². The fourth-order valence-corrected chi connectivity index (χ4v) is 3.67. The Kier molecular flexibility index (Phi) is 4.28. The molecule has 6 heteroatoms. The van der Waals surface area contributed by atoms with Gasteiger partial charge in [-0.15, -0.1) is 0 Å². The maximum Gasteiger partial charge on any atom is 0.225 e. The van der Waals surface area contributed by atoms with Gasteiger partial charge in [-0.1, -0.05) is 12.1 Å². The van der Waals surface area contributed by atoms with Crippen LogP contribution in [0, 0.1) is 11.8 Å². The summed E-state index contributed by atoms with van der Waals surface area (Å²) in [4.78, 5) is 14.3. The molecule has 1 saturated carbocycles. The van der Waals surface area contributed by atoms with Crippen molar-refractivity contribution in [3.63, 3.8) is 0 Å². The SMILES string of the molecule is CSC1(C(N)=NO)CCN(C(=O)C(C)C2CC2)CC1. The van der Waals surface area contributed by atoms with E-state index in [2.05, 4.69) is 5.16 Å². The molecule has 0 spiro atoms. The molecule has 2 aliphatic rings. The minimum atomic E-state index is -0.311.